The fraction of sp³-hybridized carbons (Fsp3) is 0.381. The second-order valence-electron chi connectivity index (χ2n) is 6.74. The predicted octanol–water partition coefficient (Wildman–Crippen LogP) is 4.23. The topological polar surface area (TPSA) is 60.0 Å². The summed E-state index contributed by atoms with van der Waals surface area (Å²) in [6.07, 6.45) is 2.78. The highest BCUT2D eigenvalue weighted by molar-refractivity contribution is 5.91. The summed E-state index contributed by atoms with van der Waals surface area (Å²) in [7, 11) is 1.60. The van der Waals surface area contributed by atoms with E-state index in [0.29, 0.717) is 24.7 Å². The maximum atomic E-state index is 12.9. The van der Waals surface area contributed by atoms with Crippen molar-refractivity contribution in [3.63, 3.8) is 0 Å². The summed E-state index contributed by atoms with van der Waals surface area (Å²) in [4.78, 5) is 14.8. The summed E-state index contributed by atoms with van der Waals surface area (Å²) in [6.45, 7) is 2.04. The van der Waals surface area contributed by atoms with E-state index in [-0.39, 0.29) is 12.1 Å². The van der Waals surface area contributed by atoms with Crippen LogP contribution in [0.1, 0.15) is 30.9 Å². The lowest BCUT2D eigenvalue weighted by atomic mass is 10.0. The van der Waals surface area contributed by atoms with E-state index in [1.807, 2.05) is 47.4 Å². The summed E-state index contributed by atoms with van der Waals surface area (Å²) in [5, 5.41) is 2.98. The van der Waals surface area contributed by atoms with Crippen LogP contribution in [-0.4, -0.2) is 37.8 Å². The molecular formula is C21H24N2O4. The van der Waals surface area contributed by atoms with E-state index in [1.165, 1.54) is 0 Å². The van der Waals surface area contributed by atoms with E-state index < -0.39 is 0 Å². The Morgan fingerprint density at radius 3 is 2.78 bits per heavy atom. The number of ether oxygens (including phenoxy) is 3. The van der Waals surface area contributed by atoms with Gasteiger partial charge in [0, 0.05) is 13.0 Å². The lowest BCUT2D eigenvalue weighted by Crippen LogP contribution is -2.34. The van der Waals surface area contributed by atoms with Crippen molar-refractivity contribution in [3.8, 4) is 17.2 Å². The number of rotatable bonds is 3. The number of fused-ring (bicyclic) bond motifs is 1. The molecule has 2 amide bonds. The Bertz CT molecular complexity index is 824. The lowest BCUT2D eigenvalue weighted by molar-refractivity contribution is 0.207. The van der Waals surface area contributed by atoms with Crippen LogP contribution in [0.3, 0.4) is 0 Å². The van der Waals surface area contributed by atoms with Crippen molar-refractivity contribution in [2.24, 2.45) is 0 Å². The molecule has 0 radical (unpaired) electrons. The molecule has 1 fully saturated rings. The van der Waals surface area contributed by atoms with Crippen LogP contribution in [0.25, 0.3) is 0 Å². The molecule has 1 atom stereocenters. The van der Waals surface area contributed by atoms with E-state index in [0.717, 1.165) is 42.9 Å². The quantitative estimate of drug-likeness (QED) is 0.881. The second kappa shape index (κ2) is 7.78. The highest BCUT2D eigenvalue weighted by Gasteiger charge is 2.31. The molecule has 2 aliphatic heterocycles. The van der Waals surface area contributed by atoms with Gasteiger partial charge in [0.05, 0.1) is 32.1 Å². The molecular weight excluding hydrogens is 344 g/mol. The van der Waals surface area contributed by atoms with E-state index in [9.17, 15) is 4.79 Å². The van der Waals surface area contributed by atoms with E-state index in [4.69, 9.17) is 14.2 Å². The zero-order valence-electron chi connectivity index (χ0n) is 15.4. The van der Waals surface area contributed by atoms with Gasteiger partial charge in [-0.05, 0) is 42.7 Å². The van der Waals surface area contributed by atoms with Gasteiger partial charge in [-0.15, -0.1) is 0 Å². The van der Waals surface area contributed by atoms with Crippen molar-refractivity contribution in [2.45, 2.75) is 25.3 Å². The summed E-state index contributed by atoms with van der Waals surface area (Å²) >= 11 is 0. The number of para-hydroxylation sites is 2. The molecule has 2 aromatic carbocycles. The number of methoxy groups -OCH3 is 1. The van der Waals surface area contributed by atoms with Gasteiger partial charge in [0.15, 0.2) is 11.5 Å². The Labute approximate surface area is 159 Å². The standard InChI is InChI=1S/C21H24N2O4/c1-25-18-8-3-2-6-16(18)22-21(24)23-11-4-7-17(23)15-9-10-19-20(14-15)27-13-5-12-26-19/h2-3,6,8-10,14,17H,4-5,7,11-13H2,1H3,(H,22,24)/t17-/m1/s1. The number of amides is 2. The Hall–Kier alpha value is -2.89. The molecule has 2 heterocycles. The van der Waals surface area contributed by atoms with Crippen LogP contribution in [0, 0.1) is 0 Å². The Kier molecular flexibility index (Phi) is 5.05. The highest BCUT2D eigenvalue weighted by atomic mass is 16.5. The smallest absolute Gasteiger partial charge is 0.322 e. The van der Waals surface area contributed by atoms with Crippen LogP contribution in [0.2, 0.25) is 0 Å². The third kappa shape index (κ3) is 3.65. The van der Waals surface area contributed by atoms with Gasteiger partial charge in [-0.3, -0.25) is 0 Å². The molecule has 0 aliphatic carbocycles. The van der Waals surface area contributed by atoms with Crippen molar-refractivity contribution >= 4 is 11.7 Å². The minimum Gasteiger partial charge on any atom is -0.495 e. The third-order valence-corrected chi connectivity index (χ3v) is 5.02. The van der Waals surface area contributed by atoms with E-state index in [1.54, 1.807) is 7.11 Å². The molecule has 0 saturated carbocycles. The van der Waals surface area contributed by atoms with Gasteiger partial charge in [0.25, 0.3) is 0 Å². The number of likely N-dealkylation sites (tertiary alicyclic amines) is 1. The average Bonchev–Trinajstić information content (AvgIpc) is 3.07. The molecule has 2 aliphatic rings. The van der Waals surface area contributed by atoms with Crippen molar-refractivity contribution < 1.29 is 19.0 Å². The first kappa shape index (κ1) is 17.5. The Morgan fingerprint density at radius 2 is 1.93 bits per heavy atom. The van der Waals surface area contributed by atoms with Gasteiger partial charge >= 0.3 is 6.03 Å². The molecule has 1 N–H and O–H groups in total. The molecule has 142 valence electrons. The number of anilines is 1. The third-order valence-electron chi connectivity index (χ3n) is 5.02. The van der Waals surface area contributed by atoms with Crippen molar-refractivity contribution in [1.29, 1.82) is 0 Å². The average molecular weight is 368 g/mol. The number of carbonyl (C=O) groups excluding carboxylic acids is 1. The molecule has 0 unspecified atom stereocenters. The molecule has 4 rings (SSSR count). The van der Waals surface area contributed by atoms with Gasteiger partial charge in [0.2, 0.25) is 0 Å². The maximum Gasteiger partial charge on any atom is 0.322 e. The fourth-order valence-electron chi connectivity index (χ4n) is 3.68. The van der Waals surface area contributed by atoms with E-state index >= 15 is 0 Å². The number of hydrogen-bond acceptors (Lipinski definition) is 4. The number of nitrogens with zero attached hydrogens (tertiary/aromatic N) is 1. The predicted molar refractivity (Wildman–Crippen MR) is 103 cm³/mol. The highest BCUT2D eigenvalue weighted by Crippen LogP contribution is 2.38. The normalized spacial score (nSPS) is 18.7. The fourth-order valence-corrected chi connectivity index (χ4v) is 3.68. The van der Waals surface area contributed by atoms with Crippen LogP contribution in [-0.2, 0) is 0 Å². The first-order valence-corrected chi connectivity index (χ1v) is 9.36. The number of benzene rings is 2. The number of urea groups is 1. The first-order chi connectivity index (χ1) is 13.3. The van der Waals surface area contributed by atoms with Crippen LogP contribution in [0.15, 0.2) is 42.5 Å². The first-order valence-electron chi connectivity index (χ1n) is 9.36. The van der Waals surface area contributed by atoms with Crippen LogP contribution < -0.4 is 19.5 Å². The van der Waals surface area contributed by atoms with Gasteiger partial charge < -0.3 is 24.4 Å². The second-order valence-corrected chi connectivity index (χ2v) is 6.74. The van der Waals surface area contributed by atoms with Crippen LogP contribution in [0.4, 0.5) is 10.5 Å². The zero-order valence-corrected chi connectivity index (χ0v) is 15.4. The van der Waals surface area contributed by atoms with Crippen molar-refractivity contribution in [3.05, 3.63) is 48.0 Å². The Balaban J connectivity index is 1.53. The SMILES string of the molecule is COc1ccccc1NC(=O)N1CCC[C@@H]1c1ccc2c(c1)OCCCO2. The van der Waals surface area contributed by atoms with Crippen LogP contribution >= 0.6 is 0 Å². The molecule has 6 heteroatoms. The van der Waals surface area contributed by atoms with Gasteiger partial charge in [-0.2, -0.15) is 0 Å². The largest absolute Gasteiger partial charge is 0.495 e. The van der Waals surface area contributed by atoms with Gasteiger partial charge in [-0.25, -0.2) is 4.79 Å². The number of carbonyl (C=O) groups is 1. The summed E-state index contributed by atoms with van der Waals surface area (Å²) in [6, 6.07) is 13.3. The molecule has 0 bridgehead atoms. The van der Waals surface area contributed by atoms with E-state index in [2.05, 4.69) is 5.32 Å². The molecule has 6 nitrogen and oxygen atoms in total. The Morgan fingerprint density at radius 1 is 1.11 bits per heavy atom. The van der Waals surface area contributed by atoms with Crippen LogP contribution in [0.5, 0.6) is 17.2 Å². The molecule has 2 aromatic rings. The van der Waals surface area contributed by atoms with Crippen molar-refractivity contribution in [1.82, 2.24) is 4.90 Å². The summed E-state index contributed by atoms with van der Waals surface area (Å²) < 4.78 is 16.9. The molecule has 27 heavy (non-hydrogen) atoms. The summed E-state index contributed by atoms with van der Waals surface area (Å²) in [5.41, 5.74) is 1.75. The number of nitrogens with one attached hydrogen (secondary N) is 1. The van der Waals surface area contributed by atoms with Gasteiger partial charge in [0.1, 0.15) is 5.75 Å². The molecule has 1 saturated heterocycles. The maximum absolute atomic E-state index is 12.9. The zero-order chi connectivity index (χ0) is 18.6. The number of hydrogen-bond donors (Lipinski definition) is 1. The lowest BCUT2D eigenvalue weighted by Gasteiger charge is -2.26. The summed E-state index contributed by atoms with van der Waals surface area (Å²) in [5.74, 6) is 2.19. The minimum absolute atomic E-state index is 0.0249. The molecule has 0 spiro atoms. The minimum atomic E-state index is -0.117. The monoisotopic (exact) mass is 368 g/mol. The van der Waals surface area contributed by atoms with Gasteiger partial charge in [-0.1, -0.05) is 18.2 Å². The molecule has 0 aromatic heterocycles. The van der Waals surface area contributed by atoms with Crippen molar-refractivity contribution in [2.75, 3.05) is 32.2 Å².